The molecule has 0 unspecified atom stereocenters. The Kier molecular flexibility index (Phi) is 4.11. The van der Waals surface area contributed by atoms with Crippen molar-refractivity contribution < 1.29 is 9.18 Å². The topological polar surface area (TPSA) is 61.9 Å². The van der Waals surface area contributed by atoms with Crippen LogP contribution in [0.2, 0.25) is 0 Å². The molecule has 1 aromatic carbocycles. The van der Waals surface area contributed by atoms with E-state index in [1.54, 1.807) is 36.1 Å². The van der Waals surface area contributed by atoms with Gasteiger partial charge in [-0.1, -0.05) is 12.1 Å². The number of aromatic nitrogens is 2. The third kappa shape index (κ3) is 2.95. The van der Waals surface area contributed by atoms with Crippen molar-refractivity contribution >= 4 is 5.91 Å². The first-order valence-corrected chi connectivity index (χ1v) is 7.60. The van der Waals surface area contributed by atoms with Gasteiger partial charge in [0.2, 0.25) is 0 Å². The number of piperidine rings is 1. The van der Waals surface area contributed by atoms with Crippen LogP contribution in [-0.2, 0) is 0 Å². The quantitative estimate of drug-likeness (QED) is 0.856. The van der Waals surface area contributed by atoms with E-state index in [-0.39, 0.29) is 17.6 Å². The van der Waals surface area contributed by atoms with E-state index in [0.717, 1.165) is 0 Å². The van der Waals surface area contributed by atoms with Crippen LogP contribution in [0.3, 0.4) is 0 Å². The summed E-state index contributed by atoms with van der Waals surface area (Å²) < 4.78 is 15.4. The molecule has 1 aromatic heterocycles. The number of para-hydroxylation sites is 1. The van der Waals surface area contributed by atoms with Crippen LogP contribution in [0.5, 0.6) is 0 Å². The molecule has 3 rings (SSSR count). The van der Waals surface area contributed by atoms with E-state index in [4.69, 9.17) is 5.26 Å². The zero-order chi connectivity index (χ0) is 16.4. The third-order valence-corrected chi connectivity index (χ3v) is 4.15. The maximum absolute atomic E-state index is 13.9. The molecule has 118 valence electrons. The summed E-state index contributed by atoms with van der Waals surface area (Å²) in [6, 6.07) is 10.3. The molecule has 1 saturated heterocycles. The summed E-state index contributed by atoms with van der Waals surface area (Å²) in [5.41, 5.74) is 1.33. The van der Waals surface area contributed by atoms with Gasteiger partial charge in [0.15, 0.2) is 5.69 Å². The van der Waals surface area contributed by atoms with Crippen molar-refractivity contribution in [1.29, 1.82) is 5.26 Å². The van der Waals surface area contributed by atoms with Crippen molar-refractivity contribution in [3.63, 3.8) is 0 Å². The Morgan fingerprint density at radius 1 is 1.35 bits per heavy atom. The van der Waals surface area contributed by atoms with E-state index in [9.17, 15) is 9.18 Å². The number of nitrogens with zero attached hydrogens (tertiary/aromatic N) is 4. The molecule has 2 aromatic rings. The molecule has 0 saturated carbocycles. The smallest absolute Gasteiger partial charge is 0.274 e. The van der Waals surface area contributed by atoms with E-state index >= 15 is 0 Å². The maximum Gasteiger partial charge on any atom is 0.274 e. The number of rotatable bonds is 2. The lowest BCUT2D eigenvalue weighted by atomic mass is 9.98. The number of hydrogen-bond donors (Lipinski definition) is 0. The van der Waals surface area contributed by atoms with Gasteiger partial charge in [-0.05, 0) is 38.0 Å². The lowest BCUT2D eigenvalue weighted by Crippen LogP contribution is -2.38. The van der Waals surface area contributed by atoms with E-state index in [1.165, 1.54) is 10.7 Å². The molecule has 5 nitrogen and oxygen atoms in total. The van der Waals surface area contributed by atoms with Gasteiger partial charge in [-0.2, -0.15) is 10.4 Å². The van der Waals surface area contributed by atoms with Gasteiger partial charge in [-0.3, -0.25) is 4.79 Å². The van der Waals surface area contributed by atoms with Crippen molar-refractivity contribution in [3.8, 4) is 11.8 Å². The van der Waals surface area contributed by atoms with Gasteiger partial charge >= 0.3 is 0 Å². The van der Waals surface area contributed by atoms with Crippen LogP contribution >= 0.6 is 0 Å². The third-order valence-electron chi connectivity index (χ3n) is 4.15. The summed E-state index contributed by atoms with van der Waals surface area (Å²) >= 11 is 0. The number of nitriles is 1. The molecular formula is C17H17FN4O. The Morgan fingerprint density at radius 2 is 2.04 bits per heavy atom. The number of carbonyl (C=O) groups excluding carboxylic acids is 1. The van der Waals surface area contributed by atoms with Gasteiger partial charge in [0.05, 0.1) is 6.07 Å². The zero-order valence-corrected chi connectivity index (χ0v) is 12.9. The van der Waals surface area contributed by atoms with Gasteiger partial charge in [0.25, 0.3) is 5.91 Å². The Morgan fingerprint density at radius 3 is 2.70 bits per heavy atom. The van der Waals surface area contributed by atoms with E-state index in [2.05, 4.69) is 11.2 Å². The Labute approximate surface area is 133 Å². The Hall–Kier alpha value is -2.68. The highest BCUT2D eigenvalue weighted by atomic mass is 19.1. The van der Waals surface area contributed by atoms with Crippen LogP contribution in [-0.4, -0.2) is 33.7 Å². The molecule has 0 aliphatic carbocycles. The molecule has 0 spiro atoms. The molecule has 0 radical (unpaired) electrons. The van der Waals surface area contributed by atoms with Crippen LogP contribution in [0.4, 0.5) is 4.39 Å². The van der Waals surface area contributed by atoms with Gasteiger partial charge in [-0.15, -0.1) is 0 Å². The number of aryl methyl sites for hydroxylation is 1. The van der Waals surface area contributed by atoms with E-state index < -0.39 is 0 Å². The molecule has 6 heteroatoms. The molecular weight excluding hydrogens is 295 g/mol. The normalized spacial score (nSPS) is 15.4. The Bertz CT molecular complexity index is 769. The first kappa shape index (κ1) is 15.2. The largest absolute Gasteiger partial charge is 0.337 e. The van der Waals surface area contributed by atoms with Crippen LogP contribution in [0, 0.1) is 30.0 Å². The summed E-state index contributed by atoms with van der Waals surface area (Å²) in [7, 11) is 0. The fourth-order valence-corrected chi connectivity index (χ4v) is 2.82. The van der Waals surface area contributed by atoms with E-state index in [1.807, 2.05) is 0 Å². The van der Waals surface area contributed by atoms with Crippen molar-refractivity contribution in [3.05, 3.63) is 47.5 Å². The highest BCUT2D eigenvalue weighted by Crippen LogP contribution is 2.20. The number of likely N-dealkylation sites (tertiary alicyclic amines) is 1. The van der Waals surface area contributed by atoms with Crippen LogP contribution < -0.4 is 0 Å². The first-order valence-electron chi connectivity index (χ1n) is 7.60. The summed E-state index contributed by atoms with van der Waals surface area (Å²) in [5.74, 6) is -0.524. The number of benzene rings is 1. The molecule has 1 aliphatic heterocycles. The molecule has 0 N–H and O–H groups in total. The highest BCUT2D eigenvalue weighted by molar-refractivity contribution is 5.92. The minimum atomic E-state index is -0.382. The maximum atomic E-state index is 13.9. The highest BCUT2D eigenvalue weighted by Gasteiger charge is 2.25. The van der Waals surface area contributed by atoms with Crippen LogP contribution in [0.1, 0.15) is 29.0 Å². The van der Waals surface area contributed by atoms with Gasteiger partial charge in [0, 0.05) is 24.7 Å². The van der Waals surface area contributed by atoms with Crippen molar-refractivity contribution in [2.24, 2.45) is 5.92 Å². The van der Waals surface area contributed by atoms with Crippen molar-refractivity contribution in [2.45, 2.75) is 19.8 Å². The lowest BCUT2D eigenvalue weighted by Gasteiger charge is -2.28. The van der Waals surface area contributed by atoms with Gasteiger partial charge < -0.3 is 4.90 Å². The second-order valence-electron chi connectivity index (χ2n) is 5.73. The molecule has 0 atom stereocenters. The summed E-state index contributed by atoms with van der Waals surface area (Å²) in [4.78, 5) is 14.3. The number of carbonyl (C=O) groups is 1. The fourth-order valence-electron chi connectivity index (χ4n) is 2.82. The SMILES string of the molecule is Cc1cc(C(=O)N2CCC(C#N)CC2)nn1-c1ccccc1F. The predicted octanol–water partition coefficient (Wildman–Crippen LogP) is 2.70. The average molecular weight is 312 g/mol. The molecule has 0 bridgehead atoms. The predicted molar refractivity (Wildman–Crippen MR) is 82.5 cm³/mol. The van der Waals surface area contributed by atoms with Gasteiger partial charge in [0.1, 0.15) is 11.5 Å². The Balaban J connectivity index is 1.83. The van der Waals surface area contributed by atoms with Gasteiger partial charge in [-0.25, -0.2) is 9.07 Å². The van der Waals surface area contributed by atoms with Crippen LogP contribution in [0.15, 0.2) is 30.3 Å². The monoisotopic (exact) mass is 312 g/mol. The molecule has 1 fully saturated rings. The number of hydrogen-bond acceptors (Lipinski definition) is 3. The molecule has 1 aliphatic rings. The second-order valence-corrected chi connectivity index (χ2v) is 5.73. The first-order chi connectivity index (χ1) is 11.1. The summed E-state index contributed by atoms with van der Waals surface area (Å²) in [5, 5.41) is 13.2. The molecule has 2 heterocycles. The summed E-state index contributed by atoms with van der Waals surface area (Å²) in [6.45, 7) is 2.91. The minimum absolute atomic E-state index is 0.0248. The fraction of sp³-hybridized carbons (Fsp3) is 0.353. The number of halogens is 1. The second kappa shape index (κ2) is 6.21. The number of amides is 1. The van der Waals surface area contributed by atoms with Crippen molar-refractivity contribution in [1.82, 2.24) is 14.7 Å². The standard InChI is InChI=1S/C17H17FN4O/c1-12-10-15(17(23)21-8-6-13(11-19)7-9-21)20-22(12)16-5-3-2-4-14(16)18/h2-5,10,13H,6-9H2,1H3. The summed E-state index contributed by atoms with van der Waals surface area (Å²) in [6.07, 6.45) is 1.38. The molecule has 1 amide bonds. The van der Waals surface area contributed by atoms with Crippen molar-refractivity contribution in [2.75, 3.05) is 13.1 Å². The minimum Gasteiger partial charge on any atom is -0.337 e. The zero-order valence-electron chi connectivity index (χ0n) is 12.9. The lowest BCUT2D eigenvalue weighted by molar-refractivity contribution is 0.0701. The average Bonchev–Trinajstić information content (AvgIpc) is 2.96. The molecule has 23 heavy (non-hydrogen) atoms. The van der Waals surface area contributed by atoms with E-state index in [0.29, 0.717) is 43.0 Å². The van der Waals surface area contributed by atoms with Crippen LogP contribution in [0.25, 0.3) is 5.69 Å².